The Balaban J connectivity index is 2.05. The first-order valence-electron chi connectivity index (χ1n) is 8.13. The van der Waals surface area contributed by atoms with Gasteiger partial charge in [0, 0.05) is 31.4 Å². The smallest absolute Gasteiger partial charge is 0.339 e. The summed E-state index contributed by atoms with van der Waals surface area (Å²) in [5.41, 5.74) is -0.162. The van der Waals surface area contributed by atoms with Gasteiger partial charge in [0.1, 0.15) is 0 Å². The van der Waals surface area contributed by atoms with Crippen molar-refractivity contribution >= 4 is 17.5 Å². The fourth-order valence-electron chi connectivity index (χ4n) is 2.96. The Morgan fingerprint density at radius 2 is 2.38 bits per heavy atom. The van der Waals surface area contributed by atoms with Gasteiger partial charge in [-0.1, -0.05) is 6.92 Å². The number of piperidine rings is 1. The topological polar surface area (TPSA) is 97.6 Å². The van der Waals surface area contributed by atoms with Gasteiger partial charge < -0.3 is 10.1 Å². The maximum absolute atomic E-state index is 11.5. The predicted octanol–water partition coefficient (Wildman–Crippen LogP) is 2.31. The summed E-state index contributed by atoms with van der Waals surface area (Å²) < 4.78 is 4.57. The fourth-order valence-corrected chi connectivity index (χ4v) is 2.96. The number of carbonyl (C=O) groups is 1. The standard InChI is InChI=1S/C16H24N4O4/c1-11-5-4-6-19(10-11)12(2)8-17-15-14(20(22)23)7-13(9-18-15)16(21)24-3/h7,9,11-12H,4-6,8,10H2,1-3H3,(H,17,18). The number of aromatic nitrogens is 1. The Kier molecular flexibility index (Phi) is 6.08. The maximum atomic E-state index is 11.5. The highest BCUT2D eigenvalue weighted by molar-refractivity contribution is 5.90. The van der Waals surface area contributed by atoms with E-state index in [0.29, 0.717) is 12.5 Å². The number of pyridine rings is 1. The lowest BCUT2D eigenvalue weighted by Gasteiger charge is -2.35. The summed E-state index contributed by atoms with van der Waals surface area (Å²) >= 11 is 0. The highest BCUT2D eigenvalue weighted by atomic mass is 16.6. The molecule has 2 atom stereocenters. The van der Waals surface area contributed by atoms with Crippen molar-refractivity contribution in [3.8, 4) is 0 Å². The van der Waals surface area contributed by atoms with Crippen LogP contribution in [0.3, 0.4) is 0 Å². The molecule has 2 unspecified atom stereocenters. The van der Waals surface area contributed by atoms with Crippen LogP contribution < -0.4 is 5.32 Å². The van der Waals surface area contributed by atoms with Crippen LogP contribution >= 0.6 is 0 Å². The predicted molar refractivity (Wildman–Crippen MR) is 90.2 cm³/mol. The highest BCUT2D eigenvalue weighted by Gasteiger charge is 2.23. The number of rotatable bonds is 6. The largest absolute Gasteiger partial charge is 0.465 e. The first-order chi connectivity index (χ1) is 11.4. The molecule has 0 aromatic carbocycles. The van der Waals surface area contributed by atoms with Gasteiger partial charge in [-0.05, 0) is 32.2 Å². The van der Waals surface area contributed by atoms with E-state index in [1.807, 2.05) is 0 Å². The Morgan fingerprint density at radius 1 is 1.62 bits per heavy atom. The lowest BCUT2D eigenvalue weighted by molar-refractivity contribution is -0.384. The third-order valence-electron chi connectivity index (χ3n) is 4.36. The van der Waals surface area contributed by atoms with Gasteiger partial charge in [-0.2, -0.15) is 0 Å². The molecule has 1 fully saturated rings. The lowest BCUT2D eigenvalue weighted by atomic mass is 9.99. The molecule has 0 bridgehead atoms. The molecular formula is C16H24N4O4. The molecule has 0 saturated carbocycles. The number of hydrogen-bond acceptors (Lipinski definition) is 7. The second kappa shape index (κ2) is 8.05. The number of carbonyl (C=O) groups excluding carboxylic acids is 1. The fraction of sp³-hybridized carbons (Fsp3) is 0.625. The second-order valence-electron chi connectivity index (χ2n) is 6.31. The number of nitrogens with one attached hydrogen (secondary N) is 1. The number of ether oxygens (including phenoxy) is 1. The molecule has 1 aliphatic heterocycles. The van der Waals surface area contributed by atoms with E-state index in [9.17, 15) is 14.9 Å². The van der Waals surface area contributed by atoms with Crippen LogP contribution in [0.5, 0.6) is 0 Å². The highest BCUT2D eigenvalue weighted by Crippen LogP contribution is 2.24. The molecule has 0 radical (unpaired) electrons. The molecule has 2 rings (SSSR count). The average molecular weight is 336 g/mol. The Labute approximate surface area is 141 Å². The molecule has 8 heteroatoms. The average Bonchev–Trinajstić information content (AvgIpc) is 2.58. The molecule has 1 aromatic heterocycles. The first kappa shape index (κ1) is 18.1. The summed E-state index contributed by atoms with van der Waals surface area (Å²) in [7, 11) is 1.22. The van der Waals surface area contributed by atoms with Gasteiger partial charge in [0.2, 0.25) is 5.82 Å². The summed E-state index contributed by atoms with van der Waals surface area (Å²) in [4.78, 5) is 28.6. The third-order valence-corrected chi connectivity index (χ3v) is 4.36. The van der Waals surface area contributed by atoms with E-state index < -0.39 is 10.9 Å². The van der Waals surface area contributed by atoms with Gasteiger partial charge in [0.25, 0.3) is 0 Å². The van der Waals surface area contributed by atoms with Gasteiger partial charge in [0.05, 0.1) is 17.6 Å². The summed E-state index contributed by atoms with van der Waals surface area (Å²) in [6, 6.07) is 1.43. The van der Waals surface area contributed by atoms with Crippen LogP contribution in [0.2, 0.25) is 0 Å². The molecule has 0 aliphatic carbocycles. The SMILES string of the molecule is COC(=O)c1cnc(NCC(C)N2CCCC(C)C2)c([N+](=O)[O-])c1. The Morgan fingerprint density at radius 3 is 3.00 bits per heavy atom. The molecule has 1 N–H and O–H groups in total. The molecule has 24 heavy (non-hydrogen) atoms. The molecule has 1 saturated heterocycles. The number of hydrogen-bond donors (Lipinski definition) is 1. The number of likely N-dealkylation sites (tertiary alicyclic amines) is 1. The van der Waals surface area contributed by atoms with Crippen molar-refractivity contribution < 1.29 is 14.5 Å². The van der Waals surface area contributed by atoms with Crippen LogP contribution in [-0.2, 0) is 4.74 Å². The summed E-state index contributed by atoms with van der Waals surface area (Å²) in [6.45, 7) is 6.98. The third kappa shape index (κ3) is 4.41. The molecule has 2 heterocycles. The zero-order valence-electron chi connectivity index (χ0n) is 14.3. The molecule has 0 amide bonds. The number of nitrogens with zero attached hydrogens (tertiary/aromatic N) is 3. The Hall–Kier alpha value is -2.22. The zero-order valence-corrected chi connectivity index (χ0v) is 14.3. The van der Waals surface area contributed by atoms with Gasteiger partial charge in [-0.25, -0.2) is 9.78 Å². The maximum Gasteiger partial charge on any atom is 0.339 e. The first-order valence-corrected chi connectivity index (χ1v) is 8.13. The quantitative estimate of drug-likeness (QED) is 0.483. The van der Waals surface area contributed by atoms with E-state index in [1.165, 1.54) is 32.2 Å². The van der Waals surface area contributed by atoms with Gasteiger partial charge >= 0.3 is 11.7 Å². The van der Waals surface area contributed by atoms with Crippen LogP contribution in [0.4, 0.5) is 11.5 Å². The number of anilines is 1. The number of methoxy groups -OCH3 is 1. The van der Waals surface area contributed by atoms with Crippen molar-refractivity contribution in [3.63, 3.8) is 0 Å². The molecule has 0 spiro atoms. The molecule has 1 aromatic rings. The Bertz CT molecular complexity index is 608. The van der Waals surface area contributed by atoms with Gasteiger partial charge in [-0.15, -0.1) is 0 Å². The van der Waals surface area contributed by atoms with E-state index in [2.05, 4.69) is 33.8 Å². The van der Waals surface area contributed by atoms with Crippen LogP contribution in [-0.4, -0.2) is 53.6 Å². The van der Waals surface area contributed by atoms with E-state index in [-0.39, 0.29) is 23.1 Å². The van der Waals surface area contributed by atoms with Crippen molar-refractivity contribution in [2.24, 2.45) is 5.92 Å². The van der Waals surface area contributed by atoms with Crippen LogP contribution in [0.1, 0.15) is 37.0 Å². The van der Waals surface area contributed by atoms with E-state index in [0.717, 1.165) is 13.1 Å². The van der Waals surface area contributed by atoms with E-state index in [1.54, 1.807) is 0 Å². The molecule has 8 nitrogen and oxygen atoms in total. The summed E-state index contributed by atoms with van der Waals surface area (Å²) in [5, 5.41) is 14.3. The lowest BCUT2D eigenvalue weighted by Crippen LogP contribution is -2.43. The number of nitro groups is 1. The monoisotopic (exact) mass is 336 g/mol. The normalized spacial score (nSPS) is 19.5. The molecule has 132 valence electrons. The van der Waals surface area contributed by atoms with Crippen molar-refractivity contribution in [1.82, 2.24) is 9.88 Å². The van der Waals surface area contributed by atoms with Gasteiger partial charge in [0.15, 0.2) is 0 Å². The minimum atomic E-state index is -0.646. The van der Waals surface area contributed by atoms with E-state index in [4.69, 9.17) is 0 Å². The van der Waals surface area contributed by atoms with Crippen molar-refractivity contribution in [2.75, 3.05) is 32.1 Å². The van der Waals surface area contributed by atoms with Crippen molar-refractivity contribution in [2.45, 2.75) is 32.7 Å². The summed E-state index contributed by atoms with van der Waals surface area (Å²) in [5.74, 6) is 0.199. The zero-order chi connectivity index (χ0) is 17.7. The minimum absolute atomic E-state index is 0.0626. The van der Waals surface area contributed by atoms with Gasteiger partial charge in [-0.3, -0.25) is 15.0 Å². The summed E-state index contributed by atoms with van der Waals surface area (Å²) in [6.07, 6.45) is 3.71. The van der Waals surface area contributed by atoms with Crippen LogP contribution in [0, 0.1) is 16.0 Å². The van der Waals surface area contributed by atoms with Crippen molar-refractivity contribution in [3.05, 3.63) is 27.9 Å². The molecular weight excluding hydrogens is 312 g/mol. The minimum Gasteiger partial charge on any atom is -0.465 e. The molecule has 1 aliphatic rings. The van der Waals surface area contributed by atoms with Crippen molar-refractivity contribution in [1.29, 1.82) is 0 Å². The second-order valence-corrected chi connectivity index (χ2v) is 6.31. The van der Waals surface area contributed by atoms with E-state index >= 15 is 0 Å². The number of esters is 1. The van der Waals surface area contributed by atoms with Crippen LogP contribution in [0.25, 0.3) is 0 Å². The van der Waals surface area contributed by atoms with Crippen LogP contribution in [0.15, 0.2) is 12.3 Å².